The molecule has 1 aliphatic carbocycles. The number of nitrogens with zero attached hydrogens (tertiary/aromatic N) is 4. The summed E-state index contributed by atoms with van der Waals surface area (Å²) < 4.78 is 0. The monoisotopic (exact) mass is 343 g/mol. The molecule has 3 rings (SSSR count). The number of likely N-dealkylation sites (tertiary alicyclic amines) is 1. The van der Waals surface area contributed by atoms with E-state index in [4.69, 9.17) is 10.2 Å². The Bertz CT molecular complexity index is 623. The fraction of sp³-hybridized carbons (Fsp3) is 0.737. The van der Waals surface area contributed by atoms with Crippen LogP contribution in [-0.2, 0) is 17.6 Å². The standard InChI is InChI=1S/C19H29N5O/c1-3-23(12-14(2)11-20)18(25)13-24-10-6-9-17(24)19-21-15-7-4-5-8-16(15)22-19/h14,17H,3-10,12-13H2,1-2H3,(H,21,22)/t14-,17-/m0/s1. The van der Waals surface area contributed by atoms with Gasteiger partial charge in [0.25, 0.3) is 0 Å². The lowest BCUT2D eigenvalue weighted by Gasteiger charge is -2.27. The Morgan fingerprint density at radius 2 is 2.24 bits per heavy atom. The van der Waals surface area contributed by atoms with Crippen LogP contribution in [-0.4, -0.2) is 51.9 Å². The molecule has 0 saturated carbocycles. The van der Waals surface area contributed by atoms with E-state index in [1.54, 1.807) is 4.90 Å². The number of aryl methyl sites for hydroxylation is 2. The van der Waals surface area contributed by atoms with Crippen LogP contribution >= 0.6 is 0 Å². The minimum absolute atomic E-state index is 0.118. The Labute approximate surface area is 150 Å². The van der Waals surface area contributed by atoms with Crippen molar-refractivity contribution in [2.75, 3.05) is 26.2 Å². The summed E-state index contributed by atoms with van der Waals surface area (Å²) in [5.74, 6) is 1.04. The molecule has 2 atom stereocenters. The van der Waals surface area contributed by atoms with E-state index < -0.39 is 0 Å². The summed E-state index contributed by atoms with van der Waals surface area (Å²) in [6.45, 7) is 6.36. The zero-order valence-electron chi connectivity index (χ0n) is 15.4. The van der Waals surface area contributed by atoms with Crippen molar-refractivity contribution in [3.05, 3.63) is 17.2 Å². The van der Waals surface area contributed by atoms with Crippen molar-refractivity contribution in [1.29, 1.82) is 5.26 Å². The number of hydrogen-bond acceptors (Lipinski definition) is 4. The quantitative estimate of drug-likeness (QED) is 0.861. The molecule has 6 nitrogen and oxygen atoms in total. The van der Waals surface area contributed by atoms with Crippen LogP contribution in [0.2, 0.25) is 0 Å². The van der Waals surface area contributed by atoms with E-state index in [0.29, 0.717) is 19.6 Å². The summed E-state index contributed by atoms with van der Waals surface area (Å²) in [4.78, 5) is 25.1. The highest BCUT2D eigenvalue weighted by molar-refractivity contribution is 5.78. The molecule has 1 aliphatic heterocycles. The first-order valence-electron chi connectivity index (χ1n) is 9.61. The molecule has 0 unspecified atom stereocenters. The third-order valence-corrected chi connectivity index (χ3v) is 5.44. The van der Waals surface area contributed by atoms with Gasteiger partial charge in [0, 0.05) is 18.8 Å². The van der Waals surface area contributed by atoms with Crippen molar-refractivity contribution < 1.29 is 4.79 Å². The number of carbonyl (C=O) groups excluding carboxylic acids is 1. The van der Waals surface area contributed by atoms with E-state index in [-0.39, 0.29) is 17.9 Å². The number of nitrogens with one attached hydrogen (secondary N) is 1. The average molecular weight is 343 g/mol. The number of rotatable bonds is 6. The molecule has 0 spiro atoms. The van der Waals surface area contributed by atoms with Crippen LogP contribution in [0, 0.1) is 17.2 Å². The predicted octanol–water partition coefficient (Wildman–Crippen LogP) is 2.43. The molecule has 0 aromatic carbocycles. The summed E-state index contributed by atoms with van der Waals surface area (Å²) in [7, 11) is 0. The number of amides is 1. The summed E-state index contributed by atoms with van der Waals surface area (Å²) >= 11 is 0. The van der Waals surface area contributed by atoms with Crippen LogP contribution in [0.15, 0.2) is 0 Å². The van der Waals surface area contributed by atoms with Crippen molar-refractivity contribution in [2.45, 2.75) is 58.4 Å². The second kappa shape index (κ2) is 8.01. The normalized spacial score (nSPS) is 21.6. The molecule has 0 radical (unpaired) electrons. The molecule has 0 bridgehead atoms. The van der Waals surface area contributed by atoms with Gasteiger partial charge in [-0.2, -0.15) is 5.26 Å². The van der Waals surface area contributed by atoms with Gasteiger partial charge in [0.2, 0.25) is 5.91 Å². The number of hydrogen-bond donors (Lipinski definition) is 1. The minimum atomic E-state index is -0.130. The maximum Gasteiger partial charge on any atom is 0.236 e. The Morgan fingerprint density at radius 1 is 1.44 bits per heavy atom. The fourth-order valence-corrected chi connectivity index (χ4v) is 4.01. The SMILES string of the molecule is CCN(C[C@@H](C)C#N)C(=O)CN1CCC[C@H]1c1nc2c([nH]1)CCCC2. The third-order valence-electron chi connectivity index (χ3n) is 5.44. The maximum atomic E-state index is 12.7. The van der Waals surface area contributed by atoms with E-state index in [1.807, 2.05) is 13.8 Å². The molecule has 1 N–H and O–H groups in total. The molecule has 25 heavy (non-hydrogen) atoms. The number of fused-ring (bicyclic) bond motifs is 1. The van der Waals surface area contributed by atoms with Gasteiger partial charge in [-0.05, 0) is 58.9 Å². The fourth-order valence-electron chi connectivity index (χ4n) is 4.01. The molecule has 1 amide bonds. The van der Waals surface area contributed by atoms with E-state index in [0.717, 1.165) is 38.1 Å². The first kappa shape index (κ1) is 17.9. The van der Waals surface area contributed by atoms with Gasteiger partial charge in [0.05, 0.1) is 30.3 Å². The zero-order chi connectivity index (χ0) is 17.8. The minimum Gasteiger partial charge on any atom is -0.344 e. The van der Waals surface area contributed by atoms with Crippen molar-refractivity contribution in [3.8, 4) is 6.07 Å². The largest absolute Gasteiger partial charge is 0.344 e. The van der Waals surface area contributed by atoms with Crippen molar-refractivity contribution in [3.63, 3.8) is 0 Å². The number of aromatic nitrogens is 2. The van der Waals surface area contributed by atoms with Crippen LogP contribution in [0.4, 0.5) is 0 Å². The van der Waals surface area contributed by atoms with Gasteiger partial charge >= 0.3 is 0 Å². The van der Waals surface area contributed by atoms with Gasteiger partial charge in [-0.1, -0.05) is 0 Å². The number of H-pyrrole nitrogens is 1. The molecule has 1 aromatic rings. The number of nitriles is 1. The van der Waals surface area contributed by atoms with E-state index in [9.17, 15) is 4.79 Å². The number of imidazole rings is 1. The number of carbonyl (C=O) groups is 1. The van der Waals surface area contributed by atoms with E-state index in [1.165, 1.54) is 24.2 Å². The molecule has 2 aliphatic rings. The van der Waals surface area contributed by atoms with Crippen LogP contribution < -0.4 is 0 Å². The van der Waals surface area contributed by atoms with Gasteiger partial charge in [0.15, 0.2) is 0 Å². The van der Waals surface area contributed by atoms with Gasteiger partial charge in [-0.15, -0.1) is 0 Å². The molecule has 1 saturated heterocycles. The molecular weight excluding hydrogens is 314 g/mol. The second-order valence-corrected chi connectivity index (χ2v) is 7.35. The van der Waals surface area contributed by atoms with Crippen molar-refractivity contribution in [1.82, 2.24) is 19.8 Å². The summed E-state index contributed by atoms with van der Waals surface area (Å²) in [6, 6.07) is 2.44. The zero-order valence-corrected chi connectivity index (χ0v) is 15.4. The Morgan fingerprint density at radius 3 is 2.96 bits per heavy atom. The third kappa shape index (κ3) is 4.04. The van der Waals surface area contributed by atoms with Gasteiger partial charge in [-0.3, -0.25) is 9.69 Å². The van der Waals surface area contributed by atoms with Gasteiger partial charge in [0.1, 0.15) is 5.82 Å². The molecule has 1 fully saturated rings. The summed E-state index contributed by atoms with van der Waals surface area (Å²) in [6.07, 6.45) is 6.80. The summed E-state index contributed by atoms with van der Waals surface area (Å²) in [5, 5.41) is 9.01. The highest BCUT2D eigenvalue weighted by atomic mass is 16.2. The lowest BCUT2D eigenvalue weighted by molar-refractivity contribution is -0.132. The topological polar surface area (TPSA) is 76.0 Å². The second-order valence-electron chi connectivity index (χ2n) is 7.35. The van der Waals surface area contributed by atoms with Crippen molar-refractivity contribution in [2.24, 2.45) is 5.92 Å². The Balaban J connectivity index is 1.66. The molecule has 2 heterocycles. The van der Waals surface area contributed by atoms with E-state index >= 15 is 0 Å². The van der Waals surface area contributed by atoms with Crippen LogP contribution in [0.25, 0.3) is 0 Å². The Kier molecular flexibility index (Phi) is 5.74. The highest BCUT2D eigenvalue weighted by Crippen LogP contribution is 2.32. The van der Waals surface area contributed by atoms with Crippen LogP contribution in [0.3, 0.4) is 0 Å². The molecule has 6 heteroatoms. The first-order valence-corrected chi connectivity index (χ1v) is 9.61. The lowest BCUT2D eigenvalue weighted by atomic mass is 10.0. The summed E-state index contributed by atoms with van der Waals surface area (Å²) in [5.41, 5.74) is 2.54. The number of aromatic amines is 1. The highest BCUT2D eigenvalue weighted by Gasteiger charge is 2.32. The number of likely N-dealkylation sites (N-methyl/N-ethyl adjacent to an activating group) is 1. The van der Waals surface area contributed by atoms with Gasteiger partial charge in [-0.25, -0.2) is 4.98 Å². The van der Waals surface area contributed by atoms with Crippen LogP contribution in [0.1, 0.15) is 62.8 Å². The van der Waals surface area contributed by atoms with Crippen LogP contribution in [0.5, 0.6) is 0 Å². The van der Waals surface area contributed by atoms with Gasteiger partial charge < -0.3 is 9.88 Å². The predicted molar refractivity (Wildman–Crippen MR) is 95.8 cm³/mol. The smallest absolute Gasteiger partial charge is 0.236 e. The average Bonchev–Trinajstić information content (AvgIpc) is 3.25. The van der Waals surface area contributed by atoms with Crippen molar-refractivity contribution >= 4 is 5.91 Å². The molecule has 1 aromatic heterocycles. The molecule has 136 valence electrons. The maximum absolute atomic E-state index is 12.7. The Hall–Kier alpha value is -1.87. The first-order chi connectivity index (χ1) is 12.1. The van der Waals surface area contributed by atoms with E-state index in [2.05, 4.69) is 16.0 Å². The lowest BCUT2D eigenvalue weighted by Crippen LogP contribution is -2.42. The molecular formula is C19H29N5O.